The summed E-state index contributed by atoms with van der Waals surface area (Å²) in [7, 11) is 1.58. The van der Waals surface area contributed by atoms with Gasteiger partial charge in [0, 0.05) is 11.1 Å². The van der Waals surface area contributed by atoms with Crippen molar-refractivity contribution in [3.8, 4) is 11.5 Å². The molecule has 0 aliphatic carbocycles. The quantitative estimate of drug-likeness (QED) is 0.347. The van der Waals surface area contributed by atoms with Gasteiger partial charge in [-0.1, -0.05) is 42.5 Å². The molecule has 0 radical (unpaired) electrons. The molecule has 0 amide bonds. The van der Waals surface area contributed by atoms with Crippen LogP contribution in [0.5, 0.6) is 11.5 Å². The molecule has 5 heteroatoms. The van der Waals surface area contributed by atoms with Gasteiger partial charge in [-0.3, -0.25) is 4.79 Å². The van der Waals surface area contributed by atoms with Crippen LogP contribution in [0.2, 0.25) is 0 Å². The molecule has 0 atom stereocenters. The van der Waals surface area contributed by atoms with E-state index in [1.807, 2.05) is 36.4 Å². The van der Waals surface area contributed by atoms with E-state index < -0.39 is 12.6 Å². The van der Waals surface area contributed by atoms with Crippen molar-refractivity contribution in [1.82, 2.24) is 0 Å². The molecule has 0 aliphatic heterocycles. The van der Waals surface area contributed by atoms with Crippen LogP contribution in [-0.2, 0) is 4.79 Å². The third-order valence-electron chi connectivity index (χ3n) is 4.24. The first-order valence-electron chi connectivity index (χ1n) is 8.97. The predicted octanol–water partition coefficient (Wildman–Crippen LogP) is 4.58. The lowest BCUT2D eigenvalue weighted by Crippen LogP contribution is -2.09. The third-order valence-corrected chi connectivity index (χ3v) is 4.24. The molecule has 0 saturated carbocycles. The van der Waals surface area contributed by atoms with Gasteiger partial charge in [-0.05, 0) is 53.6 Å². The van der Waals surface area contributed by atoms with Gasteiger partial charge >= 0.3 is 5.97 Å². The molecule has 5 nitrogen and oxygen atoms in total. The van der Waals surface area contributed by atoms with Crippen LogP contribution in [0, 0.1) is 0 Å². The highest BCUT2D eigenvalue weighted by Crippen LogP contribution is 2.25. The highest BCUT2D eigenvalue weighted by Gasteiger charge is 2.15. The molecule has 0 fully saturated rings. The van der Waals surface area contributed by atoms with E-state index in [9.17, 15) is 9.59 Å². The summed E-state index contributed by atoms with van der Waals surface area (Å²) in [5, 5.41) is 8.70. The molecule has 0 heterocycles. The van der Waals surface area contributed by atoms with E-state index in [1.165, 1.54) is 0 Å². The van der Waals surface area contributed by atoms with Crippen LogP contribution < -0.4 is 9.47 Å². The maximum Gasteiger partial charge on any atom is 0.341 e. The second-order valence-corrected chi connectivity index (χ2v) is 6.23. The number of ether oxygens (including phenoxy) is 2. The monoisotopic (exact) mass is 388 g/mol. The number of ketones is 1. The van der Waals surface area contributed by atoms with Crippen LogP contribution in [0.15, 0.2) is 78.9 Å². The number of hydrogen-bond donors (Lipinski definition) is 1. The first-order chi connectivity index (χ1) is 14.1. The van der Waals surface area contributed by atoms with Crippen LogP contribution in [-0.4, -0.2) is 30.6 Å². The molecule has 0 saturated heterocycles. The molecule has 0 aromatic heterocycles. The summed E-state index contributed by atoms with van der Waals surface area (Å²) < 4.78 is 10.3. The number of rotatable bonds is 8. The Bertz CT molecular complexity index is 1000. The van der Waals surface area contributed by atoms with Crippen molar-refractivity contribution in [1.29, 1.82) is 0 Å². The highest BCUT2D eigenvalue weighted by molar-refractivity contribution is 6.32. The van der Waals surface area contributed by atoms with Gasteiger partial charge in [-0.15, -0.1) is 0 Å². The van der Waals surface area contributed by atoms with Crippen LogP contribution in [0.3, 0.4) is 0 Å². The van der Waals surface area contributed by atoms with E-state index in [0.29, 0.717) is 22.6 Å². The lowest BCUT2D eigenvalue weighted by molar-refractivity contribution is -0.139. The van der Waals surface area contributed by atoms with Crippen molar-refractivity contribution in [2.75, 3.05) is 13.7 Å². The van der Waals surface area contributed by atoms with Gasteiger partial charge in [0.2, 0.25) is 0 Å². The average molecular weight is 388 g/mol. The maximum absolute atomic E-state index is 13.2. The van der Waals surface area contributed by atoms with Gasteiger partial charge in [0.1, 0.15) is 11.5 Å². The van der Waals surface area contributed by atoms with E-state index in [4.69, 9.17) is 14.6 Å². The van der Waals surface area contributed by atoms with E-state index in [2.05, 4.69) is 0 Å². The Labute approximate surface area is 168 Å². The topological polar surface area (TPSA) is 72.8 Å². The summed E-state index contributed by atoms with van der Waals surface area (Å²) in [6, 6.07) is 23.3. The largest absolute Gasteiger partial charge is 0.497 e. The SMILES string of the molecule is COc1ccc(C(=O)/C(=C/c2ccc(OCC(=O)O)cc2)c2ccccc2)cc1. The van der Waals surface area contributed by atoms with Crippen molar-refractivity contribution in [3.63, 3.8) is 0 Å². The molecular formula is C24H20O5. The summed E-state index contributed by atoms with van der Waals surface area (Å²) in [6.07, 6.45) is 1.81. The van der Waals surface area contributed by atoms with Crippen molar-refractivity contribution >= 4 is 23.4 Å². The molecule has 0 unspecified atom stereocenters. The number of aliphatic carboxylic acids is 1. The fourth-order valence-electron chi connectivity index (χ4n) is 2.77. The lowest BCUT2D eigenvalue weighted by Gasteiger charge is -2.09. The van der Waals surface area contributed by atoms with Gasteiger partial charge in [-0.2, -0.15) is 0 Å². The fraction of sp³-hybridized carbons (Fsp3) is 0.0833. The predicted molar refractivity (Wildman–Crippen MR) is 111 cm³/mol. The zero-order valence-corrected chi connectivity index (χ0v) is 15.9. The van der Waals surface area contributed by atoms with Crippen LogP contribution in [0.25, 0.3) is 11.6 Å². The number of carbonyl (C=O) groups excluding carboxylic acids is 1. The van der Waals surface area contributed by atoms with Crippen molar-refractivity contribution < 1.29 is 24.2 Å². The molecule has 146 valence electrons. The summed E-state index contributed by atoms with van der Waals surface area (Å²) in [5.74, 6) is -0.00786. The van der Waals surface area contributed by atoms with Gasteiger partial charge < -0.3 is 14.6 Å². The molecule has 29 heavy (non-hydrogen) atoms. The lowest BCUT2D eigenvalue weighted by atomic mass is 9.94. The maximum atomic E-state index is 13.2. The first-order valence-corrected chi connectivity index (χ1v) is 8.97. The van der Waals surface area contributed by atoms with E-state index in [-0.39, 0.29) is 5.78 Å². The van der Waals surface area contributed by atoms with Gasteiger partial charge in [0.15, 0.2) is 12.4 Å². The second-order valence-electron chi connectivity index (χ2n) is 6.23. The molecular weight excluding hydrogens is 368 g/mol. The molecule has 1 N–H and O–H groups in total. The van der Waals surface area contributed by atoms with Crippen LogP contribution in [0.1, 0.15) is 21.5 Å². The minimum Gasteiger partial charge on any atom is -0.497 e. The second kappa shape index (κ2) is 9.37. The Morgan fingerprint density at radius 2 is 1.45 bits per heavy atom. The summed E-state index contributed by atoms with van der Waals surface area (Å²) in [5.41, 5.74) is 2.71. The van der Waals surface area contributed by atoms with E-state index >= 15 is 0 Å². The number of Topliss-reactive ketones (excluding diaryl/α,β-unsaturated/α-hetero) is 1. The normalized spacial score (nSPS) is 11.0. The summed E-state index contributed by atoms with van der Waals surface area (Å²) >= 11 is 0. The molecule has 3 aromatic carbocycles. The van der Waals surface area contributed by atoms with Crippen LogP contribution >= 0.6 is 0 Å². The number of carbonyl (C=O) groups is 2. The highest BCUT2D eigenvalue weighted by atomic mass is 16.5. The average Bonchev–Trinajstić information content (AvgIpc) is 2.77. The number of carboxylic acid groups (broad SMARTS) is 1. The van der Waals surface area contributed by atoms with Gasteiger partial charge in [0.25, 0.3) is 0 Å². The Morgan fingerprint density at radius 1 is 0.828 bits per heavy atom. The van der Waals surface area contributed by atoms with E-state index in [1.54, 1.807) is 55.6 Å². The zero-order valence-electron chi connectivity index (χ0n) is 15.9. The Morgan fingerprint density at radius 3 is 2.03 bits per heavy atom. The number of hydrogen-bond acceptors (Lipinski definition) is 4. The molecule has 3 aromatic rings. The number of allylic oxidation sites excluding steroid dienone is 1. The van der Waals surface area contributed by atoms with E-state index in [0.717, 1.165) is 11.1 Å². The standard InChI is InChI=1S/C24H20O5/c1-28-20-13-9-19(10-14-20)24(27)22(18-5-3-2-4-6-18)15-17-7-11-21(12-8-17)29-16-23(25)26/h2-15H,16H2,1H3,(H,25,26)/b22-15+. The van der Waals surface area contributed by atoms with Crippen molar-refractivity contribution in [3.05, 3.63) is 95.6 Å². The third kappa shape index (κ3) is 5.32. The molecule has 3 rings (SSSR count). The number of benzene rings is 3. The summed E-state index contributed by atoms with van der Waals surface area (Å²) in [6.45, 7) is -0.402. The van der Waals surface area contributed by atoms with Gasteiger partial charge in [0.05, 0.1) is 7.11 Å². The van der Waals surface area contributed by atoms with Crippen molar-refractivity contribution in [2.24, 2.45) is 0 Å². The Balaban J connectivity index is 1.93. The zero-order chi connectivity index (χ0) is 20.6. The smallest absolute Gasteiger partial charge is 0.341 e. The van der Waals surface area contributed by atoms with Crippen molar-refractivity contribution in [2.45, 2.75) is 0 Å². The number of methoxy groups -OCH3 is 1. The first kappa shape index (κ1) is 19.9. The Kier molecular flexibility index (Phi) is 6.43. The molecule has 0 spiro atoms. The molecule has 0 aliphatic rings. The minimum absolute atomic E-state index is 0.106. The molecule has 0 bridgehead atoms. The minimum atomic E-state index is -1.04. The fourth-order valence-corrected chi connectivity index (χ4v) is 2.77. The van der Waals surface area contributed by atoms with Gasteiger partial charge in [-0.25, -0.2) is 4.79 Å². The Hall–Kier alpha value is -3.86. The van der Waals surface area contributed by atoms with Crippen LogP contribution in [0.4, 0.5) is 0 Å². The number of carboxylic acids is 1. The summed E-state index contributed by atoms with van der Waals surface area (Å²) in [4.78, 5) is 23.8.